The minimum Gasteiger partial charge on any atom is -0.361 e. The number of carbonyl (C=O) groups is 2. The van der Waals surface area contributed by atoms with Gasteiger partial charge in [-0.2, -0.15) is 0 Å². The van der Waals surface area contributed by atoms with Crippen LogP contribution in [0, 0.1) is 6.92 Å². The van der Waals surface area contributed by atoms with Crippen molar-refractivity contribution in [3.63, 3.8) is 0 Å². The number of piperazine rings is 1. The fourth-order valence-corrected chi connectivity index (χ4v) is 4.50. The molecule has 0 atom stereocenters. The molecule has 0 unspecified atom stereocenters. The zero-order valence-electron chi connectivity index (χ0n) is 19.0. The van der Waals surface area contributed by atoms with Crippen LogP contribution in [0.25, 0.3) is 22.2 Å². The Balaban J connectivity index is 1.22. The predicted molar refractivity (Wildman–Crippen MR) is 132 cm³/mol. The van der Waals surface area contributed by atoms with Crippen molar-refractivity contribution in [1.82, 2.24) is 19.8 Å². The molecule has 2 aromatic carbocycles. The summed E-state index contributed by atoms with van der Waals surface area (Å²) in [4.78, 5) is 48.0. The van der Waals surface area contributed by atoms with Crippen LogP contribution in [0.2, 0.25) is 0 Å². The maximum Gasteiger partial charge on any atom is 0.261 e. The second-order valence-electron chi connectivity index (χ2n) is 8.69. The number of hydrogen-bond donors (Lipinski definition) is 2. The molecular formula is C27H26N4O3. The highest BCUT2D eigenvalue weighted by Crippen LogP contribution is 2.20. The Morgan fingerprint density at radius 3 is 2.44 bits per heavy atom. The van der Waals surface area contributed by atoms with E-state index in [1.54, 1.807) is 21.9 Å². The summed E-state index contributed by atoms with van der Waals surface area (Å²) in [5, 5.41) is 1.05. The molecule has 172 valence electrons. The molecule has 2 N–H and O–H groups in total. The van der Waals surface area contributed by atoms with Gasteiger partial charge in [-0.05, 0) is 42.3 Å². The van der Waals surface area contributed by atoms with Gasteiger partial charge in [0.1, 0.15) is 5.56 Å². The number of pyridine rings is 1. The lowest BCUT2D eigenvalue weighted by Gasteiger charge is -2.34. The summed E-state index contributed by atoms with van der Waals surface area (Å²) in [6.45, 7) is 3.69. The maximum absolute atomic E-state index is 13.0. The number of carbonyl (C=O) groups excluding carboxylic acids is 2. The fraction of sp³-hybridized carbons (Fsp3) is 0.222. The Kier molecular flexibility index (Phi) is 5.76. The van der Waals surface area contributed by atoms with E-state index in [0.29, 0.717) is 38.3 Å². The molecule has 2 aromatic heterocycles. The van der Waals surface area contributed by atoms with Gasteiger partial charge in [0.15, 0.2) is 0 Å². The number of nitrogens with one attached hydrogen (secondary N) is 2. The summed E-state index contributed by atoms with van der Waals surface area (Å²) in [6, 6.07) is 19.1. The number of amides is 2. The predicted octanol–water partition coefficient (Wildman–Crippen LogP) is 3.36. The Hall–Kier alpha value is -4.13. The molecule has 34 heavy (non-hydrogen) atoms. The zero-order chi connectivity index (χ0) is 23.7. The van der Waals surface area contributed by atoms with Gasteiger partial charge in [-0.25, -0.2) is 0 Å². The van der Waals surface area contributed by atoms with Crippen LogP contribution in [0.5, 0.6) is 0 Å². The van der Waals surface area contributed by atoms with Gasteiger partial charge in [0, 0.05) is 49.0 Å². The molecule has 0 aliphatic carbocycles. The maximum atomic E-state index is 13.0. The average Bonchev–Trinajstić information content (AvgIpc) is 3.26. The SMILES string of the molecule is Cc1cccc(-c2ccc(C(=O)N3CCN(C(=O)Cc4c[nH]c5ccccc45)CC3)c(=O)[nH]2)c1. The van der Waals surface area contributed by atoms with Crippen LogP contribution in [0.15, 0.2) is 71.7 Å². The number of nitrogens with zero attached hydrogens (tertiary/aromatic N) is 2. The number of para-hydroxylation sites is 1. The highest BCUT2D eigenvalue weighted by atomic mass is 16.2. The fourth-order valence-electron chi connectivity index (χ4n) is 4.50. The number of fused-ring (bicyclic) bond motifs is 1. The van der Waals surface area contributed by atoms with Crippen LogP contribution < -0.4 is 5.56 Å². The van der Waals surface area contributed by atoms with Gasteiger partial charge in [0.05, 0.1) is 6.42 Å². The van der Waals surface area contributed by atoms with Crippen molar-refractivity contribution in [3.05, 3.63) is 93.9 Å². The van der Waals surface area contributed by atoms with Gasteiger partial charge in [-0.3, -0.25) is 14.4 Å². The van der Waals surface area contributed by atoms with Gasteiger partial charge in [0.25, 0.3) is 11.5 Å². The third kappa shape index (κ3) is 4.24. The third-order valence-corrected chi connectivity index (χ3v) is 6.41. The minimum atomic E-state index is -0.401. The summed E-state index contributed by atoms with van der Waals surface area (Å²) < 4.78 is 0. The van der Waals surface area contributed by atoms with E-state index in [-0.39, 0.29) is 17.4 Å². The highest BCUT2D eigenvalue weighted by molar-refractivity contribution is 5.94. The molecule has 7 nitrogen and oxygen atoms in total. The Morgan fingerprint density at radius 1 is 0.912 bits per heavy atom. The number of aryl methyl sites for hydroxylation is 1. The number of rotatable bonds is 4. The molecule has 5 rings (SSSR count). The quantitative estimate of drug-likeness (QED) is 0.496. The molecule has 4 aromatic rings. The molecule has 0 bridgehead atoms. The van der Waals surface area contributed by atoms with Gasteiger partial charge in [-0.1, -0.05) is 42.0 Å². The van der Waals surface area contributed by atoms with Gasteiger partial charge in [0.2, 0.25) is 5.91 Å². The van der Waals surface area contributed by atoms with E-state index in [4.69, 9.17) is 0 Å². The van der Waals surface area contributed by atoms with Crippen LogP contribution in [-0.2, 0) is 11.2 Å². The van der Waals surface area contributed by atoms with E-state index >= 15 is 0 Å². The van der Waals surface area contributed by atoms with Crippen LogP contribution in [-0.4, -0.2) is 57.8 Å². The highest BCUT2D eigenvalue weighted by Gasteiger charge is 2.26. The van der Waals surface area contributed by atoms with Crippen LogP contribution in [0.1, 0.15) is 21.5 Å². The molecule has 0 saturated carbocycles. The van der Waals surface area contributed by atoms with E-state index in [1.165, 1.54) is 0 Å². The number of H-pyrrole nitrogens is 2. The summed E-state index contributed by atoms with van der Waals surface area (Å²) in [5.41, 5.74) is 4.38. The number of benzene rings is 2. The first kappa shape index (κ1) is 21.7. The first-order chi connectivity index (χ1) is 16.5. The second-order valence-corrected chi connectivity index (χ2v) is 8.69. The number of hydrogen-bond acceptors (Lipinski definition) is 3. The Morgan fingerprint density at radius 2 is 1.68 bits per heavy atom. The lowest BCUT2D eigenvalue weighted by Crippen LogP contribution is -2.51. The minimum absolute atomic E-state index is 0.0391. The third-order valence-electron chi connectivity index (χ3n) is 6.41. The monoisotopic (exact) mass is 454 g/mol. The summed E-state index contributed by atoms with van der Waals surface area (Å²) >= 11 is 0. The van der Waals surface area contributed by atoms with Crippen molar-refractivity contribution < 1.29 is 9.59 Å². The van der Waals surface area contributed by atoms with Crippen LogP contribution in [0.3, 0.4) is 0 Å². The molecule has 0 radical (unpaired) electrons. The van der Waals surface area contributed by atoms with E-state index in [0.717, 1.165) is 27.6 Å². The van der Waals surface area contributed by atoms with Crippen molar-refractivity contribution in [3.8, 4) is 11.3 Å². The molecule has 1 aliphatic rings. The molecule has 2 amide bonds. The molecule has 0 spiro atoms. The lowest BCUT2D eigenvalue weighted by atomic mass is 10.1. The van der Waals surface area contributed by atoms with E-state index in [9.17, 15) is 14.4 Å². The normalized spacial score (nSPS) is 13.9. The standard InChI is InChI=1S/C27H26N4O3/c1-18-5-4-6-19(15-18)23-10-9-22(26(33)29-23)27(34)31-13-11-30(12-14-31)25(32)16-20-17-28-24-8-3-2-7-21(20)24/h2-10,15,17,28H,11-14,16H2,1H3,(H,29,33). The molecule has 1 saturated heterocycles. The summed E-state index contributed by atoms with van der Waals surface area (Å²) in [7, 11) is 0. The van der Waals surface area contributed by atoms with Gasteiger partial charge in [-0.15, -0.1) is 0 Å². The zero-order valence-corrected chi connectivity index (χ0v) is 19.0. The van der Waals surface area contributed by atoms with Crippen molar-refractivity contribution in [2.75, 3.05) is 26.2 Å². The molecule has 1 fully saturated rings. The topological polar surface area (TPSA) is 89.3 Å². The van der Waals surface area contributed by atoms with E-state index in [1.807, 2.05) is 61.7 Å². The van der Waals surface area contributed by atoms with Crippen molar-refractivity contribution in [1.29, 1.82) is 0 Å². The Labute approximate surface area is 197 Å². The first-order valence-electron chi connectivity index (χ1n) is 11.4. The van der Waals surface area contributed by atoms with Crippen molar-refractivity contribution >= 4 is 22.7 Å². The largest absolute Gasteiger partial charge is 0.361 e. The number of aromatic amines is 2. The average molecular weight is 455 g/mol. The molecule has 3 heterocycles. The summed E-state index contributed by atoms with van der Waals surface area (Å²) in [5.74, 6) is -0.266. The Bertz CT molecular complexity index is 1430. The van der Waals surface area contributed by atoms with E-state index in [2.05, 4.69) is 9.97 Å². The summed E-state index contributed by atoms with van der Waals surface area (Å²) in [6.07, 6.45) is 2.20. The van der Waals surface area contributed by atoms with Gasteiger partial charge >= 0.3 is 0 Å². The van der Waals surface area contributed by atoms with Gasteiger partial charge < -0.3 is 19.8 Å². The van der Waals surface area contributed by atoms with Crippen molar-refractivity contribution in [2.45, 2.75) is 13.3 Å². The number of aromatic nitrogens is 2. The van der Waals surface area contributed by atoms with Crippen LogP contribution >= 0.6 is 0 Å². The van der Waals surface area contributed by atoms with Crippen LogP contribution in [0.4, 0.5) is 0 Å². The molecule has 7 heteroatoms. The molecule has 1 aliphatic heterocycles. The van der Waals surface area contributed by atoms with Crippen molar-refractivity contribution in [2.24, 2.45) is 0 Å². The molecular weight excluding hydrogens is 428 g/mol. The first-order valence-corrected chi connectivity index (χ1v) is 11.4. The lowest BCUT2D eigenvalue weighted by molar-refractivity contribution is -0.131. The second kappa shape index (κ2) is 9.02. The van der Waals surface area contributed by atoms with E-state index < -0.39 is 5.56 Å². The smallest absolute Gasteiger partial charge is 0.261 e.